The van der Waals surface area contributed by atoms with Gasteiger partial charge in [-0.3, -0.25) is 14.5 Å². The van der Waals surface area contributed by atoms with Crippen LogP contribution in [-0.2, 0) is 9.59 Å². The minimum absolute atomic E-state index is 0.0342. The maximum atomic E-state index is 14.4. The summed E-state index contributed by atoms with van der Waals surface area (Å²) in [5.74, 6) is -2.66. The van der Waals surface area contributed by atoms with Crippen LogP contribution in [-0.4, -0.2) is 39.2 Å². The van der Waals surface area contributed by atoms with Crippen molar-refractivity contribution in [1.82, 2.24) is 0 Å². The van der Waals surface area contributed by atoms with Crippen molar-refractivity contribution in [3.8, 4) is 17.2 Å². The Morgan fingerprint density at radius 3 is 2.20 bits per heavy atom. The van der Waals surface area contributed by atoms with Crippen LogP contribution in [0.3, 0.4) is 0 Å². The summed E-state index contributed by atoms with van der Waals surface area (Å²) in [5, 5.41) is 3.14. The topological polar surface area (TPSA) is 77.1 Å². The van der Waals surface area contributed by atoms with Crippen molar-refractivity contribution in [2.45, 2.75) is 31.0 Å². The van der Waals surface area contributed by atoms with E-state index < -0.39 is 35.6 Å². The van der Waals surface area contributed by atoms with E-state index in [-0.39, 0.29) is 35.4 Å². The van der Waals surface area contributed by atoms with E-state index in [1.54, 1.807) is 18.2 Å². The van der Waals surface area contributed by atoms with Gasteiger partial charge in [0.1, 0.15) is 5.82 Å². The van der Waals surface area contributed by atoms with Crippen molar-refractivity contribution in [1.29, 1.82) is 0 Å². The number of fused-ring (bicyclic) bond motifs is 1. The summed E-state index contributed by atoms with van der Waals surface area (Å²) in [6.07, 6.45) is -5.15. The highest BCUT2D eigenvalue weighted by atomic mass is 19.4. The van der Waals surface area contributed by atoms with Crippen LogP contribution in [0.4, 0.5) is 28.9 Å². The van der Waals surface area contributed by atoms with Crippen LogP contribution < -0.4 is 24.4 Å². The molecule has 1 aliphatic heterocycles. The Labute approximate surface area is 233 Å². The number of Topliss-reactive ketones (excluding diaryl/α,β-unsaturated/α-hetero) is 1. The van der Waals surface area contributed by atoms with Crippen molar-refractivity contribution in [2.75, 3.05) is 31.5 Å². The number of rotatable bonds is 5. The number of ether oxygens (including phenoxy) is 3. The summed E-state index contributed by atoms with van der Waals surface area (Å²) < 4.78 is 72.8. The average Bonchev–Trinajstić information content (AvgIpc) is 3.10. The normalized spacial score (nSPS) is 18.6. The highest BCUT2D eigenvalue weighted by Gasteiger charge is 2.50. The number of nitrogens with one attached hydrogen (secondary N) is 1. The fourth-order valence-electron chi connectivity index (χ4n) is 5.52. The maximum absolute atomic E-state index is 14.4. The van der Waals surface area contributed by atoms with E-state index in [2.05, 4.69) is 5.32 Å². The summed E-state index contributed by atoms with van der Waals surface area (Å²) in [6.45, 7) is 0. The van der Waals surface area contributed by atoms with Gasteiger partial charge in [-0.05, 0) is 59.9 Å². The predicted molar refractivity (Wildman–Crippen MR) is 143 cm³/mol. The number of halogens is 4. The number of hydrogen-bond acceptors (Lipinski definition) is 6. The first-order valence-corrected chi connectivity index (χ1v) is 12.6. The highest BCUT2D eigenvalue weighted by Crippen LogP contribution is 2.50. The fraction of sp³-hybridized carbons (Fsp3) is 0.267. The maximum Gasteiger partial charge on any atom is 0.471 e. The van der Waals surface area contributed by atoms with Crippen LogP contribution in [0.15, 0.2) is 71.9 Å². The first kappa shape index (κ1) is 28.0. The molecule has 0 unspecified atom stereocenters. The molecule has 0 saturated heterocycles. The highest BCUT2D eigenvalue weighted by molar-refractivity contribution is 6.07. The van der Waals surface area contributed by atoms with E-state index >= 15 is 0 Å². The number of carbonyl (C=O) groups is 2. The zero-order valence-electron chi connectivity index (χ0n) is 22.3. The van der Waals surface area contributed by atoms with Gasteiger partial charge in [0.2, 0.25) is 5.75 Å². The molecule has 7 nitrogen and oxygen atoms in total. The summed E-state index contributed by atoms with van der Waals surface area (Å²) in [4.78, 5) is 27.5. The lowest BCUT2D eigenvalue weighted by atomic mass is 9.78. The number of nitrogens with zero attached hydrogens (tertiary/aromatic N) is 1. The third kappa shape index (κ3) is 5.07. The molecule has 3 aromatic carbocycles. The van der Waals surface area contributed by atoms with Crippen molar-refractivity contribution in [3.05, 3.63) is 88.9 Å². The number of hydrogen-bond donors (Lipinski definition) is 1. The van der Waals surface area contributed by atoms with Gasteiger partial charge >= 0.3 is 12.1 Å². The molecule has 0 fully saturated rings. The lowest BCUT2D eigenvalue weighted by Gasteiger charge is -2.35. The lowest BCUT2D eigenvalue weighted by Crippen LogP contribution is -2.45. The number of methoxy groups -OCH3 is 3. The Kier molecular flexibility index (Phi) is 7.37. The second kappa shape index (κ2) is 10.8. The van der Waals surface area contributed by atoms with Gasteiger partial charge in [0.15, 0.2) is 17.3 Å². The van der Waals surface area contributed by atoms with Gasteiger partial charge in [-0.1, -0.05) is 24.3 Å². The van der Waals surface area contributed by atoms with E-state index in [0.29, 0.717) is 33.4 Å². The molecule has 5 rings (SSSR count). The molecule has 0 bridgehead atoms. The molecule has 1 heterocycles. The summed E-state index contributed by atoms with van der Waals surface area (Å²) in [6, 6.07) is 12.8. The number of alkyl halides is 3. The fourth-order valence-corrected chi connectivity index (χ4v) is 5.52. The van der Waals surface area contributed by atoms with E-state index in [1.165, 1.54) is 51.7 Å². The van der Waals surface area contributed by atoms with Crippen LogP contribution in [0.25, 0.3) is 0 Å². The van der Waals surface area contributed by atoms with E-state index in [0.717, 1.165) is 12.1 Å². The van der Waals surface area contributed by atoms with Crippen LogP contribution in [0.2, 0.25) is 0 Å². The first-order chi connectivity index (χ1) is 19.6. The molecule has 1 N–H and O–H groups in total. The van der Waals surface area contributed by atoms with Gasteiger partial charge in [-0.15, -0.1) is 0 Å². The Morgan fingerprint density at radius 1 is 0.902 bits per heavy atom. The lowest BCUT2D eigenvalue weighted by molar-refractivity contribution is -0.170. The third-order valence-electron chi connectivity index (χ3n) is 7.27. The number of para-hydroxylation sites is 2. The van der Waals surface area contributed by atoms with E-state index in [9.17, 15) is 27.2 Å². The Morgan fingerprint density at radius 2 is 1.59 bits per heavy atom. The molecule has 11 heteroatoms. The average molecular weight is 571 g/mol. The van der Waals surface area contributed by atoms with Crippen molar-refractivity contribution >= 4 is 23.1 Å². The van der Waals surface area contributed by atoms with Gasteiger partial charge in [0.25, 0.3) is 0 Å². The molecule has 3 aromatic rings. The number of benzene rings is 3. The number of carbonyl (C=O) groups excluding carboxylic acids is 2. The minimum atomic E-state index is -5.26. The van der Waals surface area contributed by atoms with Crippen LogP contribution in [0.1, 0.15) is 35.9 Å². The molecule has 214 valence electrons. The van der Waals surface area contributed by atoms with Gasteiger partial charge in [-0.25, -0.2) is 4.39 Å². The number of anilines is 2. The zero-order chi connectivity index (χ0) is 29.5. The molecule has 0 radical (unpaired) electrons. The smallest absolute Gasteiger partial charge is 0.471 e. The van der Waals surface area contributed by atoms with Gasteiger partial charge < -0.3 is 19.5 Å². The monoisotopic (exact) mass is 570 g/mol. The molecule has 0 spiro atoms. The largest absolute Gasteiger partial charge is 0.493 e. The third-order valence-corrected chi connectivity index (χ3v) is 7.27. The molecule has 0 aromatic heterocycles. The zero-order valence-corrected chi connectivity index (χ0v) is 22.3. The quantitative estimate of drug-likeness (QED) is 0.362. The predicted octanol–water partition coefficient (Wildman–Crippen LogP) is 6.31. The summed E-state index contributed by atoms with van der Waals surface area (Å²) in [5.41, 5.74) is 1.13. The van der Waals surface area contributed by atoms with Gasteiger partial charge in [0, 0.05) is 17.7 Å². The molecule has 1 amide bonds. The molecule has 1 aliphatic carbocycles. The molecule has 2 aliphatic rings. The van der Waals surface area contributed by atoms with Crippen molar-refractivity contribution in [2.24, 2.45) is 0 Å². The Balaban J connectivity index is 1.71. The SMILES string of the molecule is COc1cc([C@H]2CC(=O)C3=C(C2)Nc2ccccc2N(C(=O)C(F)(F)F)[C@@H]3c2cccc(F)c2)cc(OC)c1OC. The number of ketones is 1. The molecular formula is C30H26F4N2O5. The molecule has 2 atom stereocenters. The summed E-state index contributed by atoms with van der Waals surface area (Å²) >= 11 is 0. The number of allylic oxidation sites excluding steroid dienone is 1. The minimum Gasteiger partial charge on any atom is -0.493 e. The van der Waals surface area contributed by atoms with Crippen molar-refractivity contribution in [3.63, 3.8) is 0 Å². The molecule has 41 heavy (non-hydrogen) atoms. The second-order valence-corrected chi connectivity index (χ2v) is 9.65. The molecular weight excluding hydrogens is 544 g/mol. The standard InChI is InChI=1S/C30H26F4N2O5/c1-39-24-14-18(15-25(40-2)28(24)41-3)17-12-21-26(23(37)13-17)27(16-7-6-8-19(31)11-16)36(29(38)30(32,33)34)22-10-5-4-9-20(22)35-21/h4-11,14-15,17,27,35H,12-13H2,1-3H3/t17-,27-/m1/s1. The first-order valence-electron chi connectivity index (χ1n) is 12.6. The second-order valence-electron chi connectivity index (χ2n) is 9.65. The van der Waals surface area contributed by atoms with Gasteiger partial charge in [0.05, 0.1) is 38.7 Å². The van der Waals surface area contributed by atoms with Crippen LogP contribution in [0.5, 0.6) is 17.2 Å². The molecule has 0 saturated carbocycles. The number of amides is 1. The van der Waals surface area contributed by atoms with Crippen molar-refractivity contribution < 1.29 is 41.4 Å². The van der Waals surface area contributed by atoms with Crippen LogP contribution in [0, 0.1) is 5.82 Å². The Bertz CT molecular complexity index is 1530. The van der Waals surface area contributed by atoms with E-state index in [1.807, 2.05) is 0 Å². The van der Waals surface area contributed by atoms with E-state index in [4.69, 9.17) is 14.2 Å². The summed E-state index contributed by atoms with van der Waals surface area (Å²) in [7, 11) is 4.40. The van der Waals surface area contributed by atoms with Crippen LogP contribution >= 0.6 is 0 Å². The van der Waals surface area contributed by atoms with Gasteiger partial charge in [-0.2, -0.15) is 13.2 Å². The Hall–Kier alpha value is -4.54.